The SMILES string of the molecule is O=C1C2C(C(=O)N1c1ccc(C(O)(C(F)(F)F)C(F)(F)F)cc1)[C@H]1CC[C@H]2[C@@H]2C[C@@H]21. The number of carbonyl (C=O) groups is 2. The van der Waals surface area contributed by atoms with Crippen LogP contribution in [0.2, 0.25) is 0 Å². The maximum absolute atomic E-state index is 13.1. The predicted molar refractivity (Wildman–Crippen MR) is 89.7 cm³/mol. The third kappa shape index (κ3) is 2.34. The molecule has 1 aromatic carbocycles. The topological polar surface area (TPSA) is 57.6 Å². The van der Waals surface area contributed by atoms with E-state index in [1.165, 1.54) is 0 Å². The van der Waals surface area contributed by atoms with Crippen LogP contribution in [0.25, 0.3) is 0 Å². The van der Waals surface area contributed by atoms with E-state index in [1.54, 1.807) is 0 Å². The highest BCUT2D eigenvalue weighted by atomic mass is 19.4. The molecule has 4 nitrogen and oxygen atoms in total. The molecule has 4 aliphatic carbocycles. The molecule has 1 N–H and O–H groups in total. The van der Waals surface area contributed by atoms with Gasteiger partial charge in [-0.2, -0.15) is 26.3 Å². The molecule has 1 heterocycles. The van der Waals surface area contributed by atoms with E-state index in [2.05, 4.69) is 0 Å². The van der Waals surface area contributed by atoms with Crippen molar-refractivity contribution in [3.05, 3.63) is 29.8 Å². The summed E-state index contributed by atoms with van der Waals surface area (Å²) in [6.45, 7) is 0. The number of aliphatic hydroxyl groups is 1. The summed E-state index contributed by atoms with van der Waals surface area (Å²) in [5.74, 6) is -0.656. The molecule has 6 rings (SSSR count). The molecule has 0 aromatic heterocycles. The van der Waals surface area contributed by atoms with Gasteiger partial charge in [-0.3, -0.25) is 14.5 Å². The first kappa shape index (κ1) is 19.8. The molecule has 30 heavy (non-hydrogen) atoms. The van der Waals surface area contributed by atoms with Crippen LogP contribution >= 0.6 is 0 Å². The highest BCUT2D eigenvalue weighted by Gasteiger charge is 2.72. The molecule has 0 radical (unpaired) electrons. The smallest absolute Gasteiger partial charge is 0.369 e. The fourth-order valence-electron chi connectivity index (χ4n) is 6.13. The number of imide groups is 1. The lowest BCUT2D eigenvalue weighted by atomic mass is 9.59. The van der Waals surface area contributed by atoms with Crippen LogP contribution in [0, 0.1) is 35.5 Å². The van der Waals surface area contributed by atoms with E-state index in [4.69, 9.17) is 0 Å². The van der Waals surface area contributed by atoms with E-state index in [1.807, 2.05) is 0 Å². The molecule has 5 fully saturated rings. The third-order valence-electron chi connectivity index (χ3n) is 7.51. The Morgan fingerprint density at radius 2 is 1.20 bits per heavy atom. The van der Waals surface area contributed by atoms with Crippen LogP contribution in [-0.2, 0) is 15.2 Å². The number of anilines is 1. The van der Waals surface area contributed by atoms with Gasteiger partial charge in [-0.05, 0) is 55.1 Å². The lowest BCUT2D eigenvalue weighted by Gasteiger charge is -2.42. The molecule has 162 valence electrons. The zero-order valence-corrected chi connectivity index (χ0v) is 15.4. The molecule has 4 saturated carbocycles. The molecule has 2 bridgehead atoms. The van der Waals surface area contributed by atoms with Crippen molar-refractivity contribution in [1.82, 2.24) is 0 Å². The quantitative estimate of drug-likeness (QED) is 0.571. The number of hydrogen-bond acceptors (Lipinski definition) is 3. The fraction of sp³-hybridized carbons (Fsp3) is 0.600. The van der Waals surface area contributed by atoms with E-state index in [0.717, 1.165) is 36.3 Å². The van der Waals surface area contributed by atoms with Gasteiger partial charge >= 0.3 is 12.4 Å². The van der Waals surface area contributed by atoms with Gasteiger partial charge < -0.3 is 5.11 Å². The first-order chi connectivity index (χ1) is 13.9. The van der Waals surface area contributed by atoms with Crippen molar-refractivity contribution in [2.75, 3.05) is 4.90 Å². The Kier molecular flexibility index (Phi) is 3.82. The van der Waals surface area contributed by atoms with Crippen molar-refractivity contribution < 1.29 is 41.0 Å². The standard InChI is InChI=1S/C20H17F6NO3/c21-19(22,23)18(30,20(24,25)26)8-1-3-9(4-2-8)27-16(28)14-10-5-6-11(13-7-12(10)13)15(14)17(27)29/h1-4,10-15,30H,5-7H2/t10-,11-,12-,13+,14?,15?/m0/s1. The van der Waals surface area contributed by atoms with Crippen molar-refractivity contribution >= 4 is 17.5 Å². The Balaban J connectivity index is 1.48. The Labute approximate surface area is 166 Å². The number of rotatable bonds is 2. The minimum Gasteiger partial charge on any atom is -0.369 e. The molecule has 2 amide bonds. The van der Waals surface area contributed by atoms with Crippen LogP contribution in [-0.4, -0.2) is 29.3 Å². The summed E-state index contributed by atoms with van der Waals surface area (Å²) in [7, 11) is 0. The van der Waals surface area contributed by atoms with Crippen molar-refractivity contribution in [3.63, 3.8) is 0 Å². The van der Waals surface area contributed by atoms with E-state index >= 15 is 0 Å². The first-order valence-corrected chi connectivity index (χ1v) is 9.72. The predicted octanol–water partition coefficient (Wildman–Crippen LogP) is 3.78. The van der Waals surface area contributed by atoms with Crippen molar-refractivity contribution in [1.29, 1.82) is 0 Å². The molecular formula is C20H17F6NO3. The maximum atomic E-state index is 13.1. The second-order valence-corrected chi connectivity index (χ2v) is 8.78. The molecular weight excluding hydrogens is 416 g/mol. The minimum absolute atomic E-state index is 0.0806. The van der Waals surface area contributed by atoms with Crippen LogP contribution < -0.4 is 4.90 Å². The Hall–Kier alpha value is -2.10. The van der Waals surface area contributed by atoms with Gasteiger partial charge in [0, 0.05) is 5.56 Å². The number of alkyl halides is 6. The molecule has 6 atom stereocenters. The molecule has 10 heteroatoms. The first-order valence-electron chi connectivity index (χ1n) is 9.72. The summed E-state index contributed by atoms with van der Waals surface area (Å²) in [5.41, 5.74) is -6.56. The zero-order chi connectivity index (χ0) is 21.8. The Morgan fingerprint density at radius 1 is 0.767 bits per heavy atom. The van der Waals surface area contributed by atoms with Gasteiger partial charge in [-0.25, -0.2) is 0 Å². The number of carbonyl (C=O) groups excluding carboxylic acids is 2. The van der Waals surface area contributed by atoms with Gasteiger partial charge in [0.05, 0.1) is 17.5 Å². The van der Waals surface area contributed by atoms with E-state index in [-0.39, 0.29) is 17.5 Å². The van der Waals surface area contributed by atoms with Crippen LogP contribution in [0.5, 0.6) is 0 Å². The van der Waals surface area contributed by atoms with Gasteiger partial charge in [-0.1, -0.05) is 12.1 Å². The number of fused-ring (bicyclic) bond motifs is 1. The molecule has 5 aliphatic rings. The van der Waals surface area contributed by atoms with E-state index < -0.39 is 47.2 Å². The highest BCUT2D eigenvalue weighted by Crippen LogP contribution is 2.68. The second-order valence-electron chi connectivity index (χ2n) is 8.78. The zero-order valence-electron chi connectivity index (χ0n) is 15.4. The lowest BCUT2D eigenvalue weighted by Crippen LogP contribution is -2.53. The average Bonchev–Trinajstić information content (AvgIpc) is 3.43. The largest absolute Gasteiger partial charge is 0.430 e. The van der Waals surface area contributed by atoms with E-state index in [9.17, 15) is 41.0 Å². The summed E-state index contributed by atoms with van der Waals surface area (Å²) in [5, 5.41) is 9.50. The Morgan fingerprint density at radius 3 is 1.60 bits per heavy atom. The number of nitrogens with zero attached hydrogens (tertiary/aromatic N) is 1. The second kappa shape index (κ2) is 5.77. The Bertz CT molecular complexity index is 876. The molecule has 1 saturated heterocycles. The summed E-state index contributed by atoms with van der Waals surface area (Å²) in [6, 6.07) is 2.64. The monoisotopic (exact) mass is 433 g/mol. The number of hydrogen-bond donors (Lipinski definition) is 1. The van der Waals surface area contributed by atoms with Gasteiger partial charge in [-0.15, -0.1) is 0 Å². The summed E-state index contributed by atoms with van der Waals surface area (Å²) < 4.78 is 78.3. The van der Waals surface area contributed by atoms with Crippen LogP contribution in [0.15, 0.2) is 24.3 Å². The van der Waals surface area contributed by atoms with Gasteiger partial charge in [0.1, 0.15) is 0 Å². The van der Waals surface area contributed by atoms with Crippen LogP contribution in [0.4, 0.5) is 32.0 Å². The number of halogens is 6. The van der Waals surface area contributed by atoms with Gasteiger partial charge in [0.2, 0.25) is 11.8 Å². The number of benzene rings is 1. The third-order valence-corrected chi connectivity index (χ3v) is 7.51. The van der Waals surface area contributed by atoms with Gasteiger partial charge in [0.25, 0.3) is 5.60 Å². The summed E-state index contributed by atoms with van der Waals surface area (Å²) in [6.07, 6.45) is -9.25. The molecule has 1 aromatic rings. The molecule has 2 unspecified atom stereocenters. The van der Waals surface area contributed by atoms with Crippen LogP contribution in [0.3, 0.4) is 0 Å². The van der Waals surface area contributed by atoms with E-state index in [0.29, 0.717) is 24.0 Å². The summed E-state index contributed by atoms with van der Waals surface area (Å²) >= 11 is 0. The highest BCUT2D eigenvalue weighted by molar-refractivity contribution is 6.22. The van der Waals surface area contributed by atoms with Gasteiger partial charge in [0.15, 0.2) is 0 Å². The maximum Gasteiger partial charge on any atom is 0.430 e. The average molecular weight is 433 g/mol. The van der Waals surface area contributed by atoms with Crippen molar-refractivity contribution in [2.24, 2.45) is 35.5 Å². The minimum atomic E-state index is -6.00. The fourth-order valence-corrected chi connectivity index (χ4v) is 6.13. The number of amides is 2. The summed E-state index contributed by atoms with van der Waals surface area (Å²) in [4.78, 5) is 26.9. The molecule has 1 aliphatic heterocycles. The van der Waals surface area contributed by atoms with Crippen LogP contribution in [0.1, 0.15) is 24.8 Å². The van der Waals surface area contributed by atoms with Crippen molar-refractivity contribution in [3.8, 4) is 0 Å². The lowest BCUT2D eigenvalue weighted by molar-refractivity contribution is -0.376. The van der Waals surface area contributed by atoms with Crippen molar-refractivity contribution in [2.45, 2.75) is 37.2 Å². The molecule has 0 spiro atoms. The normalized spacial score (nSPS) is 35.5.